The Morgan fingerprint density at radius 1 is 1.35 bits per heavy atom. The third-order valence-corrected chi connectivity index (χ3v) is 5.14. The molecule has 1 aromatic rings. The van der Waals surface area contributed by atoms with Gasteiger partial charge in [-0.25, -0.2) is 8.42 Å². The van der Waals surface area contributed by atoms with E-state index in [1.807, 2.05) is 13.8 Å². The molecule has 128 valence electrons. The average Bonchev–Trinajstić information content (AvgIpc) is 2.38. The highest BCUT2D eigenvalue weighted by molar-refractivity contribution is 7.92. The molecule has 0 aromatic heterocycles. The molecule has 1 heterocycles. The number of aliphatic carboxylic acids is 1. The molecule has 1 aromatic carbocycles. The second kappa shape index (κ2) is 6.88. The Morgan fingerprint density at radius 2 is 2.00 bits per heavy atom. The zero-order valence-corrected chi connectivity index (χ0v) is 14.2. The van der Waals surface area contributed by atoms with E-state index in [0.717, 1.165) is 19.3 Å². The zero-order chi connectivity index (χ0) is 17.1. The molecule has 0 bridgehead atoms. The van der Waals surface area contributed by atoms with Crippen LogP contribution in [-0.4, -0.2) is 37.0 Å². The van der Waals surface area contributed by atoms with Crippen LogP contribution in [0.25, 0.3) is 0 Å². The lowest BCUT2D eigenvalue weighted by Gasteiger charge is -2.35. The second-order valence-corrected chi connectivity index (χ2v) is 8.31. The zero-order valence-electron chi connectivity index (χ0n) is 13.4. The van der Waals surface area contributed by atoms with E-state index in [4.69, 9.17) is 9.84 Å². The summed E-state index contributed by atoms with van der Waals surface area (Å²) in [6.45, 7) is 3.95. The first-order valence-electron chi connectivity index (χ1n) is 7.64. The number of nitrogens with one attached hydrogen (secondary N) is 1. The summed E-state index contributed by atoms with van der Waals surface area (Å²) in [4.78, 5) is 10.6. The average molecular weight is 341 g/mol. The summed E-state index contributed by atoms with van der Waals surface area (Å²) in [5, 5.41) is 8.72. The summed E-state index contributed by atoms with van der Waals surface area (Å²) in [5.41, 5.74) is 0.767. The fraction of sp³-hybridized carbons (Fsp3) is 0.562. The summed E-state index contributed by atoms with van der Waals surface area (Å²) in [6.07, 6.45) is 2.24. The minimum atomic E-state index is -3.51. The molecular formula is C16H23NO5S. The van der Waals surface area contributed by atoms with Crippen LogP contribution >= 0.6 is 0 Å². The van der Waals surface area contributed by atoms with E-state index >= 15 is 0 Å². The molecule has 1 saturated heterocycles. The number of ether oxygens (including phenoxy) is 1. The van der Waals surface area contributed by atoms with E-state index in [-0.39, 0.29) is 23.9 Å². The Morgan fingerprint density at radius 3 is 2.57 bits per heavy atom. The summed E-state index contributed by atoms with van der Waals surface area (Å²) in [5.74, 6) is -0.997. The van der Waals surface area contributed by atoms with Gasteiger partial charge in [-0.2, -0.15) is 0 Å². The van der Waals surface area contributed by atoms with Crippen molar-refractivity contribution in [2.24, 2.45) is 0 Å². The van der Waals surface area contributed by atoms with Crippen LogP contribution in [0.1, 0.15) is 38.7 Å². The van der Waals surface area contributed by atoms with E-state index in [9.17, 15) is 13.2 Å². The number of carboxylic acids is 1. The van der Waals surface area contributed by atoms with Gasteiger partial charge in [0, 0.05) is 5.69 Å². The summed E-state index contributed by atoms with van der Waals surface area (Å²) in [6, 6.07) is 6.35. The molecule has 1 fully saturated rings. The van der Waals surface area contributed by atoms with E-state index in [2.05, 4.69) is 4.72 Å². The van der Waals surface area contributed by atoms with Crippen LogP contribution in [0.3, 0.4) is 0 Å². The van der Waals surface area contributed by atoms with E-state index in [1.165, 1.54) is 0 Å². The number of hydrogen-bond donors (Lipinski definition) is 2. The number of sulfonamides is 1. The first kappa shape index (κ1) is 17.7. The van der Waals surface area contributed by atoms with Crippen molar-refractivity contribution in [3.8, 4) is 0 Å². The summed E-state index contributed by atoms with van der Waals surface area (Å²) < 4.78 is 32.9. The van der Waals surface area contributed by atoms with E-state index in [1.54, 1.807) is 24.3 Å². The Hall–Kier alpha value is -1.60. The Balaban J connectivity index is 1.96. The molecule has 6 nitrogen and oxygen atoms in total. The maximum atomic E-state index is 12.3. The van der Waals surface area contributed by atoms with E-state index < -0.39 is 16.0 Å². The Kier molecular flexibility index (Phi) is 5.31. The molecule has 1 unspecified atom stereocenters. The second-order valence-electron chi connectivity index (χ2n) is 6.54. The van der Waals surface area contributed by atoms with Gasteiger partial charge in [0.1, 0.15) is 0 Å². The van der Waals surface area contributed by atoms with Crippen molar-refractivity contribution in [2.75, 3.05) is 10.5 Å². The Labute approximate surface area is 136 Å². The van der Waals surface area contributed by atoms with Crippen LogP contribution in [0, 0.1) is 0 Å². The Bertz CT molecular complexity index is 652. The van der Waals surface area contributed by atoms with Gasteiger partial charge in [0.05, 0.1) is 23.9 Å². The number of carbonyl (C=O) groups is 1. The van der Waals surface area contributed by atoms with E-state index in [0.29, 0.717) is 11.3 Å². The van der Waals surface area contributed by atoms with Gasteiger partial charge in [-0.05, 0) is 50.8 Å². The number of hydrogen-bond acceptors (Lipinski definition) is 4. The molecule has 1 atom stereocenters. The van der Waals surface area contributed by atoms with Gasteiger partial charge in [-0.15, -0.1) is 0 Å². The van der Waals surface area contributed by atoms with Crippen LogP contribution in [-0.2, 0) is 26.0 Å². The molecule has 7 heteroatoms. The van der Waals surface area contributed by atoms with Gasteiger partial charge in [0.25, 0.3) is 0 Å². The fourth-order valence-electron chi connectivity index (χ4n) is 2.77. The highest BCUT2D eigenvalue weighted by Crippen LogP contribution is 2.28. The third kappa shape index (κ3) is 5.84. The molecule has 1 aliphatic heterocycles. The monoisotopic (exact) mass is 341 g/mol. The van der Waals surface area contributed by atoms with Crippen molar-refractivity contribution >= 4 is 21.7 Å². The predicted molar refractivity (Wildman–Crippen MR) is 88.0 cm³/mol. The quantitative estimate of drug-likeness (QED) is 0.829. The maximum Gasteiger partial charge on any atom is 0.307 e. The first-order valence-corrected chi connectivity index (χ1v) is 9.29. The van der Waals surface area contributed by atoms with Gasteiger partial charge in [0.2, 0.25) is 10.0 Å². The topological polar surface area (TPSA) is 92.7 Å². The molecule has 0 radical (unpaired) electrons. The largest absolute Gasteiger partial charge is 0.481 e. The summed E-state index contributed by atoms with van der Waals surface area (Å²) >= 11 is 0. The van der Waals surface area contributed by atoms with Crippen LogP contribution in [0.4, 0.5) is 5.69 Å². The van der Waals surface area contributed by atoms with Gasteiger partial charge < -0.3 is 9.84 Å². The summed E-state index contributed by atoms with van der Waals surface area (Å²) in [7, 11) is -3.51. The van der Waals surface area contributed by atoms with Crippen molar-refractivity contribution < 1.29 is 23.1 Å². The van der Waals surface area contributed by atoms with Crippen molar-refractivity contribution in [3.63, 3.8) is 0 Å². The van der Waals surface area contributed by atoms with Crippen LogP contribution in [0.2, 0.25) is 0 Å². The standard InChI is InChI=1S/C16H23NO5S/c1-16(2)9-3-4-14(22-16)11-23(20,21)17-13-7-5-12(6-8-13)10-15(18)19/h5-8,14,17H,3-4,9-11H2,1-2H3,(H,18,19). The molecule has 0 aliphatic carbocycles. The minimum absolute atomic E-state index is 0.0761. The number of anilines is 1. The predicted octanol–water partition coefficient (Wildman–Crippen LogP) is 2.40. The number of benzene rings is 1. The lowest BCUT2D eigenvalue weighted by atomic mass is 9.96. The van der Waals surface area contributed by atoms with Gasteiger partial charge in [-0.3, -0.25) is 9.52 Å². The highest BCUT2D eigenvalue weighted by Gasteiger charge is 2.31. The van der Waals surface area contributed by atoms with Crippen molar-refractivity contribution in [2.45, 2.75) is 51.2 Å². The lowest BCUT2D eigenvalue weighted by Crippen LogP contribution is -2.39. The molecule has 1 aliphatic rings. The normalized spacial score (nSPS) is 20.9. The van der Waals surface area contributed by atoms with Crippen LogP contribution in [0.15, 0.2) is 24.3 Å². The minimum Gasteiger partial charge on any atom is -0.481 e. The molecule has 0 spiro atoms. The van der Waals surface area contributed by atoms with Crippen molar-refractivity contribution in [1.29, 1.82) is 0 Å². The van der Waals surface area contributed by atoms with Crippen molar-refractivity contribution in [3.05, 3.63) is 29.8 Å². The molecule has 0 amide bonds. The molecule has 2 rings (SSSR count). The molecular weight excluding hydrogens is 318 g/mol. The maximum absolute atomic E-state index is 12.3. The first-order chi connectivity index (χ1) is 10.7. The SMILES string of the molecule is CC1(C)CCCC(CS(=O)(=O)Nc2ccc(CC(=O)O)cc2)O1. The highest BCUT2D eigenvalue weighted by atomic mass is 32.2. The number of rotatable bonds is 6. The molecule has 23 heavy (non-hydrogen) atoms. The fourth-order valence-corrected chi connectivity index (χ4v) is 4.08. The van der Waals surface area contributed by atoms with Crippen molar-refractivity contribution in [1.82, 2.24) is 0 Å². The number of carboxylic acid groups (broad SMARTS) is 1. The van der Waals surface area contributed by atoms with Gasteiger partial charge in [-0.1, -0.05) is 12.1 Å². The third-order valence-electron chi connectivity index (χ3n) is 3.78. The smallest absolute Gasteiger partial charge is 0.307 e. The van der Waals surface area contributed by atoms with Crippen LogP contribution in [0.5, 0.6) is 0 Å². The van der Waals surface area contributed by atoms with Gasteiger partial charge in [0.15, 0.2) is 0 Å². The van der Waals surface area contributed by atoms with Gasteiger partial charge >= 0.3 is 5.97 Å². The molecule has 0 saturated carbocycles. The van der Waals surface area contributed by atoms with Crippen LogP contribution < -0.4 is 4.72 Å². The lowest BCUT2D eigenvalue weighted by molar-refractivity contribution is -0.136. The molecule has 2 N–H and O–H groups in total.